The van der Waals surface area contributed by atoms with Crippen LogP contribution < -0.4 is 24.8 Å². The van der Waals surface area contributed by atoms with E-state index in [-0.39, 0.29) is 24.8 Å². The third-order valence-corrected chi connectivity index (χ3v) is 5.08. The van der Waals surface area contributed by atoms with Crippen molar-refractivity contribution in [3.05, 3.63) is 21.1 Å². The molecule has 0 aromatic heterocycles. The van der Waals surface area contributed by atoms with Crippen LogP contribution in [0.3, 0.4) is 0 Å². The van der Waals surface area contributed by atoms with Crippen molar-refractivity contribution in [3.63, 3.8) is 0 Å². The average molecular weight is 401 g/mol. The van der Waals surface area contributed by atoms with Crippen LogP contribution in [-0.4, -0.2) is 8.07 Å². The van der Waals surface area contributed by atoms with Crippen molar-refractivity contribution in [3.8, 4) is 0 Å². The third kappa shape index (κ3) is 6.27. The van der Waals surface area contributed by atoms with Gasteiger partial charge in [-0.2, -0.15) is 0 Å². The van der Waals surface area contributed by atoms with Gasteiger partial charge < -0.3 is 24.8 Å². The monoisotopic (exact) mass is 401 g/mol. The number of allylic oxidation sites excluding steroid dienone is 4. The fourth-order valence-electron chi connectivity index (χ4n) is 1.29. The molecule has 0 saturated heterocycles. The van der Waals surface area contributed by atoms with Crippen LogP contribution in [0.25, 0.3) is 0 Å². The molecule has 0 aliphatic heterocycles. The van der Waals surface area contributed by atoms with Gasteiger partial charge in [0.05, 0.1) is 0 Å². The second kappa shape index (κ2) is 6.60. The largest absolute Gasteiger partial charge is 1.00 e. The molecule has 1 rings (SSSR count). The predicted octanol–water partition coefficient (Wildman–Crippen LogP) is -2.91. The van der Waals surface area contributed by atoms with Gasteiger partial charge >= 0.3 is 85.6 Å². The quantitative estimate of drug-likeness (QED) is 0.436. The van der Waals surface area contributed by atoms with Crippen LogP contribution >= 0.6 is 0 Å². The molecule has 0 nitrogen and oxygen atoms in total. The van der Waals surface area contributed by atoms with E-state index in [0.717, 1.165) is 0 Å². The van der Waals surface area contributed by atoms with Crippen molar-refractivity contribution in [2.45, 2.75) is 32.1 Å². The van der Waals surface area contributed by atoms with E-state index >= 15 is 0 Å². The minimum absolute atomic E-state index is 0. The fourth-order valence-corrected chi connectivity index (χ4v) is 4.44. The number of hydrogen-bond donors (Lipinski definition) is 0. The second-order valence-electron chi connectivity index (χ2n) is 4.35. The Bertz CT molecular complexity index is 216. The van der Waals surface area contributed by atoms with Crippen molar-refractivity contribution in [2.24, 2.45) is 0 Å². The first-order valence-corrected chi connectivity index (χ1v) is 9.59. The zero-order valence-electron chi connectivity index (χ0n) is 8.32. The molecule has 0 unspecified atom stereocenters. The molecule has 0 fully saturated rings. The fraction of sp³-hybridized carbons (Fsp3) is 0.556. The Morgan fingerprint density at radius 2 is 1.85 bits per heavy atom. The molecule has 0 aromatic carbocycles. The Labute approximate surface area is 110 Å². The van der Waals surface area contributed by atoms with E-state index in [1.54, 1.807) is 8.90 Å². The minimum atomic E-state index is -0.851. The maximum absolute atomic E-state index is 2.45. The summed E-state index contributed by atoms with van der Waals surface area (Å²) in [5, 5.41) is 0. The van der Waals surface area contributed by atoms with Gasteiger partial charge in [-0.1, -0.05) is 0 Å². The Balaban J connectivity index is 0. The van der Waals surface area contributed by atoms with Crippen LogP contribution in [0, 0.1) is 0 Å². The Morgan fingerprint density at radius 1 is 1.31 bits per heavy atom. The Hall–Kier alpha value is 1.15. The van der Waals surface area contributed by atoms with Crippen molar-refractivity contribution in [2.75, 3.05) is 0 Å². The van der Waals surface area contributed by atoms with E-state index < -0.39 is 8.07 Å². The zero-order chi connectivity index (χ0) is 8.48. The Kier molecular flexibility index (Phi) is 8.41. The van der Waals surface area contributed by atoms with E-state index in [2.05, 4.69) is 31.8 Å². The third-order valence-electron chi connectivity index (χ3n) is 1.75. The molecule has 4 heteroatoms. The van der Waals surface area contributed by atoms with Crippen molar-refractivity contribution in [1.82, 2.24) is 0 Å². The number of hydrogen-bond acceptors (Lipinski definition) is 0. The van der Waals surface area contributed by atoms with Crippen LogP contribution in [-0.2, 0) is 24.4 Å². The summed E-state index contributed by atoms with van der Waals surface area (Å²) in [5.41, 5.74) is 1.68. The molecule has 0 atom stereocenters. The molecule has 73 valence electrons. The molecule has 0 amide bonds. The van der Waals surface area contributed by atoms with Gasteiger partial charge in [0.25, 0.3) is 0 Å². The van der Waals surface area contributed by atoms with Gasteiger partial charge in [-0.05, 0) is 0 Å². The van der Waals surface area contributed by atoms with Crippen LogP contribution in [0.15, 0.2) is 21.1 Å². The van der Waals surface area contributed by atoms with Gasteiger partial charge in [-0.3, -0.25) is 0 Å². The number of halogens is 2. The van der Waals surface area contributed by atoms with Crippen molar-refractivity contribution < 1.29 is 49.2 Å². The maximum Gasteiger partial charge on any atom is -1.00 e. The molecular weight excluding hydrogens is 386 g/mol. The SMILES string of the molecule is C[Si](C)(C)CC1=[C]([Hf+2])CC=C1.[Cl-].[Cl-]. The van der Waals surface area contributed by atoms with E-state index in [9.17, 15) is 0 Å². The van der Waals surface area contributed by atoms with Gasteiger partial charge in [0.1, 0.15) is 0 Å². The zero-order valence-corrected chi connectivity index (χ0v) is 14.4. The normalized spacial score (nSPS) is 15.5. The van der Waals surface area contributed by atoms with Crippen molar-refractivity contribution in [1.29, 1.82) is 0 Å². The summed E-state index contributed by atoms with van der Waals surface area (Å²) < 4.78 is 1.73. The molecule has 0 saturated carbocycles. The summed E-state index contributed by atoms with van der Waals surface area (Å²) in [7, 11) is -0.851. The Morgan fingerprint density at radius 3 is 2.15 bits per heavy atom. The molecular formula is C9H15Cl2HfSi. The maximum atomic E-state index is 2.45. The van der Waals surface area contributed by atoms with Crippen LogP contribution in [0.2, 0.25) is 25.7 Å². The topological polar surface area (TPSA) is 0 Å². The van der Waals surface area contributed by atoms with Crippen LogP contribution in [0.5, 0.6) is 0 Å². The molecule has 0 radical (unpaired) electrons. The smallest absolute Gasteiger partial charge is 1.00 e. The molecule has 0 spiro atoms. The first-order valence-electron chi connectivity index (χ1n) is 4.09. The summed E-state index contributed by atoms with van der Waals surface area (Å²) in [6, 6.07) is 1.39. The molecule has 1 aliphatic carbocycles. The van der Waals surface area contributed by atoms with E-state index in [0.29, 0.717) is 0 Å². The van der Waals surface area contributed by atoms with Gasteiger partial charge in [0.15, 0.2) is 0 Å². The minimum Gasteiger partial charge on any atom is -1.00 e. The summed E-state index contributed by atoms with van der Waals surface area (Å²) in [4.78, 5) is 0. The van der Waals surface area contributed by atoms with E-state index in [1.807, 2.05) is 0 Å². The van der Waals surface area contributed by atoms with Gasteiger partial charge in [0, 0.05) is 0 Å². The van der Waals surface area contributed by atoms with E-state index in [1.165, 1.54) is 36.8 Å². The van der Waals surface area contributed by atoms with Crippen LogP contribution in [0.1, 0.15) is 6.42 Å². The van der Waals surface area contributed by atoms with Gasteiger partial charge in [-0.15, -0.1) is 0 Å². The first-order chi connectivity index (χ1) is 4.99. The standard InChI is InChI=1S/C9H15Si.2ClH.Hf/c1-10(2,3)8-9-6-4-5-7-9;;;/h4,6H,5,8H2,1-3H3;2*1H;/q;;;+2/p-2. The summed E-state index contributed by atoms with van der Waals surface area (Å²) in [5.74, 6) is 0. The summed E-state index contributed by atoms with van der Waals surface area (Å²) in [6.45, 7) is 7.34. The van der Waals surface area contributed by atoms with Gasteiger partial charge in [-0.25, -0.2) is 0 Å². The van der Waals surface area contributed by atoms with Crippen LogP contribution in [0.4, 0.5) is 0 Å². The van der Waals surface area contributed by atoms with E-state index in [4.69, 9.17) is 0 Å². The molecule has 0 N–H and O–H groups in total. The number of rotatable bonds is 2. The summed E-state index contributed by atoms with van der Waals surface area (Å²) >= 11 is 1.27. The van der Waals surface area contributed by atoms with Crippen molar-refractivity contribution >= 4 is 8.07 Å². The molecule has 1 aliphatic rings. The van der Waals surface area contributed by atoms with Gasteiger partial charge in [0.2, 0.25) is 0 Å². The summed E-state index contributed by atoms with van der Waals surface area (Å²) in [6.07, 6.45) is 5.92. The first kappa shape index (κ1) is 16.6. The molecule has 0 heterocycles. The second-order valence-corrected chi connectivity index (χ2v) is 12.0. The molecule has 0 aromatic rings. The predicted molar refractivity (Wildman–Crippen MR) is 48.9 cm³/mol. The molecule has 13 heavy (non-hydrogen) atoms. The average Bonchev–Trinajstić information content (AvgIpc) is 2.12. The molecule has 0 bridgehead atoms.